The number of nitrogens with two attached hydrogens (primary N) is 3. The van der Waals surface area contributed by atoms with Crippen molar-refractivity contribution < 1.29 is 37.4 Å². The zero-order valence-corrected chi connectivity index (χ0v) is 32.5. The molecule has 7 N–H and O–H groups in total. The molecular formula is C40H47ClF2N8O6. The Hall–Kier alpha value is -5.87. The summed E-state index contributed by atoms with van der Waals surface area (Å²) in [6, 6.07) is 17.9. The number of nitrogens with one attached hydrogen (secondary N) is 1. The number of amides is 2. The first kappa shape index (κ1) is 43.9. The number of likely N-dealkylation sites (tertiary alicyclic amines) is 2. The number of nitrogen functional groups attached to an aromatic ring is 2. The van der Waals surface area contributed by atoms with Crippen molar-refractivity contribution in [3.8, 4) is 0 Å². The standard InChI is InChI=1S/C20H23FN4O3.C12H8ClFN2O.C8H16N2O2/c1-2-28-20(27)25-11-9-13(10-12-25)23-17-8-7-15(19(22)24-17)18(26)14-5-3-4-6-16(14)21;13-10-6-5-8(12(15)16-10)11(17)7-3-1-2-4-9(7)14;1-2-12-8(11)10-5-3-7(9)4-6-10/h3-8,13H,2,9-12H2,1H3,(H3,22,23,24);1-6H,(H2,15,16);7H,2-6,9H2,1H3. The summed E-state index contributed by atoms with van der Waals surface area (Å²) < 4.78 is 37.2. The van der Waals surface area contributed by atoms with Crippen molar-refractivity contribution in [2.24, 2.45) is 5.73 Å². The third kappa shape index (κ3) is 12.6. The Morgan fingerprint density at radius 1 is 0.684 bits per heavy atom. The van der Waals surface area contributed by atoms with Crippen LogP contribution in [0.2, 0.25) is 5.15 Å². The summed E-state index contributed by atoms with van der Waals surface area (Å²) in [5.74, 6) is -1.62. The molecule has 17 heteroatoms. The van der Waals surface area contributed by atoms with Crippen LogP contribution in [0.4, 0.5) is 35.8 Å². The van der Waals surface area contributed by atoms with Gasteiger partial charge in [0, 0.05) is 38.3 Å². The summed E-state index contributed by atoms with van der Waals surface area (Å²) >= 11 is 5.62. The molecule has 0 bridgehead atoms. The number of halogens is 3. The van der Waals surface area contributed by atoms with Crippen molar-refractivity contribution >= 4 is 52.8 Å². The molecule has 2 aromatic heterocycles. The highest BCUT2D eigenvalue weighted by Crippen LogP contribution is 2.22. The number of ketones is 2. The van der Waals surface area contributed by atoms with E-state index in [1.54, 1.807) is 41.0 Å². The number of carbonyl (C=O) groups is 4. The number of pyridine rings is 2. The molecule has 2 aliphatic heterocycles. The second-order valence-electron chi connectivity index (χ2n) is 12.9. The lowest BCUT2D eigenvalue weighted by Gasteiger charge is -2.31. The van der Waals surface area contributed by atoms with Gasteiger partial charge in [-0.2, -0.15) is 0 Å². The van der Waals surface area contributed by atoms with Gasteiger partial charge in [0.2, 0.25) is 0 Å². The van der Waals surface area contributed by atoms with Gasteiger partial charge in [-0.1, -0.05) is 35.9 Å². The van der Waals surface area contributed by atoms with Gasteiger partial charge in [-0.15, -0.1) is 0 Å². The lowest BCUT2D eigenvalue weighted by atomic mass is 10.0. The van der Waals surface area contributed by atoms with E-state index >= 15 is 0 Å². The largest absolute Gasteiger partial charge is 0.450 e. The van der Waals surface area contributed by atoms with Gasteiger partial charge < -0.3 is 41.8 Å². The first-order chi connectivity index (χ1) is 27.3. The highest BCUT2D eigenvalue weighted by molar-refractivity contribution is 6.29. The molecule has 304 valence electrons. The highest BCUT2D eigenvalue weighted by Gasteiger charge is 2.25. The van der Waals surface area contributed by atoms with Gasteiger partial charge in [0.1, 0.15) is 34.2 Å². The zero-order valence-electron chi connectivity index (χ0n) is 31.8. The quantitative estimate of drug-likeness (QED) is 0.114. The zero-order chi connectivity index (χ0) is 41.5. The molecule has 0 radical (unpaired) electrons. The van der Waals surface area contributed by atoms with Crippen LogP contribution in [0.5, 0.6) is 0 Å². The van der Waals surface area contributed by atoms with E-state index < -0.39 is 23.2 Å². The van der Waals surface area contributed by atoms with Gasteiger partial charge in [0.15, 0.2) is 11.6 Å². The van der Waals surface area contributed by atoms with Crippen molar-refractivity contribution in [2.45, 2.75) is 51.6 Å². The number of aromatic nitrogens is 2. The van der Waals surface area contributed by atoms with Crippen molar-refractivity contribution in [2.75, 3.05) is 56.2 Å². The molecule has 14 nitrogen and oxygen atoms in total. The minimum Gasteiger partial charge on any atom is -0.450 e. The molecule has 6 rings (SSSR count). The summed E-state index contributed by atoms with van der Waals surface area (Å²) in [6.45, 7) is 7.06. The molecule has 4 heterocycles. The Bertz CT molecular complexity index is 2010. The predicted molar refractivity (Wildman–Crippen MR) is 213 cm³/mol. The van der Waals surface area contributed by atoms with Crippen LogP contribution >= 0.6 is 11.6 Å². The lowest BCUT2D eigenvalue weighted by Crippen LogP contribution is -2.43. The fourth-order valence-corrected chi connectivity index (χ4v) is 6.05. The number of anilines is 3. The number of benzene rings is 2. The number of hydrogen-bond donors (Lipinski definition) is 4. The van der Waals surface area contributed by atoms with Crippen LogP contribution in [0.25, 0.3) is 0 Å². The molecular weight excluding hydrogens is 762 g/mol. The summed E-state index contributed by atoms with van der Waals surface area (Å²) in [7, 11) is 0. The van der Waals surface area contributed by atoms with E-state index in [1.165, 1.54) is 48.5 Å². The Balaban J connectivity index is 0.000000210. The minimum absolute atomic E-state index is 0.00856. The maximum Gasteiger partial charge on any atom is 0.409 e. The molecule has 0 unspecified atom stereocenters. The van der Waals surface area contributed by atoms with Crippen LogP contribution in [0.15, 0.2) is 72.8 Å². The van der Waals surface area contributed by atoms with Crippen LogP contribution in [-0.4, -0.2) is 95.0 Å². The molecule has 2 aromatic carbocycles. The topological polar surface area (TPSA) is 209 Å². The Morgan fingerprint density at radius 2 is 1.12 bits per heavy atom. The Kier molecular flexibility index (Phi) is 16.5. The van der Waals surface area contributed by atoms with Gasteiger partial charge in [-0.25, -0.2) is 28.3 Å². The number of rotatable bonds is 8. The normalized spacial score (nSPS) is 14.3. The van der Waals surface area contributed by atoms with E-state index in [-0.39, 0.29) is 63.3 Å². The van der Waals surface area contributed by atoms with Crippen LogP contribution in [0.1, 0.15) is 71.4 Å². The molecule has 2 aliphatic rings. The molecule has 4 aromatic rings. The second kappa shape index (κ2) is 21.4. The number of piperidine rings is 2. The van der Waals surface area contributed by atoms with E-state index in [9.17, 15) is 28.0 Å². The summed E-state index contributed by atoms with van der Waals surface area (Å²) in [4.78, 5) is 58.8. The van der Waals surface area contributed by atoms with Crippen LogP contribution in [0.3, 0.4) is 0 Å². The molecule has 2 amide bonds. The van der Waals surface area contributed by atoms with Crippen LogP contribution in [0, 0.1) is 11.6 Å². The summed E-state index contributed by atoms with van der Waals surface area (Å²) in [5, 5.41) is 3.46. The van der Waals surface area contributed by atoms with Gasteiger partial charge in [-0.3, -0.25) is 9.59 Å². The number of ether oxygens (including phenoxy) is 2. The molecule has 2 fully saturated rings. The van der Waals surface area contributed by atoms with Gasteiger partial charge >= 0.3 is 12.2 Å². The molecule has 57 heavy (non-hydrogen) atoms. The first-order valence-electron chi connectivity index (χ1n) is 18.4. The molecule has 2 saturated heterocycles. The molecule has 0 aliphatic carbocycles. The SMILES string of the molecule is CCOC(=O)N1CCC(N)CC1.CCOC(=O)N1CCC(Nc2ccc(C(=O)c3ccccc3F)c(N)n2)CC1.Nc1nc(Cl)ccc1C(=O)c1ccccc1F. The van der Waals surface area contributed by atoms with Gasteiger partial charge in [-0.05, 0) is 88.1 Å². The van der Waals surface area contributed by atoms with Crippen LogP contribution in [-0.2, 0) is 9.47 Å². The Labute approximate surface area is 334 Å². The smallest absolute Gasteiger partial charge is 0.409 e. The molecule has 0 saturated carbocycles. The monoisotopic (exact) mass is 808 g/mol. The third-order valence-corrected chi connectivity index (χ3v) is 9.19. The van der Waals surface area contributed by atoms with E-state index in [0.29, 0.717) is 32.1 Å². The average molecular weight is 809 g/mol. The van der Waals surface area contributed by atoms with Crippen molar-refractivity contribution in [3.05, 3.63) is 112 Å². The van der Waals surface area contributed by atoms with E-state index in [1.807, 2.05) is 6.92 Å². The average Bonchev–Trinajstić information content (AvgIpc) is 3.19. The lowest BCUT2D eigenvalue weighted by molar-refractivity contribution is 0.0969. The third-order valence-electron chi connectivity index (χ3n) is 8.98. The van der Waals surface area contributed by atoms with Gasteiger partial charge in [0.25, 0.3) is 0 Å². The van der Waals surface area contributed by atoms with Crippen LogP contribution < -0.4 is 22.5 Å². The summed E-state index contributed by atoms with van der Waals surface area (Å²) in [5.41, 5.74) is 17.4. The molecule has 0 atom stereocenters. The first-order valence-corrected chi connectivity index (χ1v) is 18.8. The van der Waals surface area contributed by atoms with E-state index in [0.717, 1.165) is 38.8 Å². The highest BCUT2D eigenvalue weighted by atomic mass is 35.5. The van der Waals surface area contributed by atoms with Gasteiger partial charge in [0.05, 0.1) is 35.5 Å². The second-order valence-corrected chi connectivity index (χ2v) is 13.3. The maximum atomic E-state index is 13.9. The summed E-state index contributed by atoms with van der Waals surface area (Å²) in [6.07, 6.45) is 2.77. The number of hydrogen-bond acceptors (Lipinski definition) is 12. The van der Waals surface area contributed by atoms with Crippen molar-refractivity contribution in [3.63, 3.8) is 0 Å². The fraction of sp³-hybridized carbons (Fsp3) is 0.350. The van der Waals surface area contributed by atoms with E-state index in [2.05, 4.69) is 15.3 Å². The fourth-order valence-electron chi connectivity index (χ4n) is 5.90. The Morgan fingerprint density at radius 3 is 1.56 bits per heavy atom. The maximum absolute atomic E-state index is 13.9. The van der Waals surface area contributed by atoms with E-state index in [4.69, 9.17) is 38.3 Å². The number of carbonyl (C=O) groups excluding carboxylic acids is 4. The predicted octanol–water partition coefficient (Wildman–Crippen LogP) is 6.32. The molecule has 0 spiro atoms. The van der Waals surface area contributed by atoms with Crippen molar-refractivity contribution in [1.29, 1.82) is 0 Å². The van der Waals surface area contributed by atoms with Crippen molar-refractivity contribution in [1.82, 2.24) is 19.8 Å². The number of nitrogens with zero attached hydrogens (tertiary/aromatic N) is 4. The minimum atomic E-state index is -0.595.